The summed E-state index contributed by atoms with van der Waals surface area (Å²) >= 11 is 0. The highest BCUT2D eigenvalue weighted by Crippen LogP contribution is 2.21. The molecule has 2 amide bonds. The first-order valence-electron chi connectivity index (χ1n) is 9.64. The minimum atomic E-state index is 0.0186. The fourth-order valence-electron chi connectivity index (χ4n) is 4.07. The molecule has 0 aliphatic carbocycles. The predicted octanol–water partition coefficient (Wildman–Crippen LogP) is 3.02. The topological polar surface area (TPSA) is 53.4 Å². The Kier molecular flexibility index (Phi) is 5.20. The van der Waals surface area contributed by atoms with Crippen LogP contribution in [-0.2, 0) is 6.54 Å². The molecule has 4 rings (SSSR count). The molecule has 0 saturated carbocycles. The van der Waals surface area contributed by atoms with Gasteiger partial charge in [-0.3, -0.25) is 9.58 Å². The summed E-state index contributed by atoms with van der Waals surface area (Å²) < 4.78 is 1.88. The molecule has 0 radical (unpaired) electrons. The lowest BCUT2D eigenvalue weighted by atomic mass is 10.0. The highest BCUT2D eigenvalue weighted by Gasteiger charge is 2.29. The number of hydrogen-bond acceptors (Lipinski definition) is 3. The van der Waals surface area contributed by atoms with E-state index < -0.39 is 0 Å². The number of carbonyl (C=O) groups is 1. The zero-order chi connectivity index (χ0) is 17.8. The summed E-state index contributed by atoms with van der Waals surface area (Å²) in [5.41, 5.74) is 1.98. The van der Waals surface area contributed by atoms with Gasteiger partial charge in [-0.25, -0.2) is 4.79 Å². The Morgan fingerprint density at radius 1 is 1.15 bits per heavy atom. The van der Waals surface area contributed by atoms with Crippen molar-refractivity contribution >= 4 is 11.7 Å². The lowest BCUT2D eigenvalue weighted by Crippen LogP contribution is -2.50. The number of nitrogens with one attached hydrogen (secondary N) is 1. The first-order chi connectivity index (χ1) is 12.8. The van der Waals surface area contributed by atoms with Gasteiger partial charge in [0.25, 0.3) is 0 Å². The second-order valence-electron chi connectivity index (χ2n) is 7.32. The second kappa shape index (κ2) is 7.91. The number of aromatic nitrogens is 2. The van der Waals surface area contributed by atoms with Crippen LogP contribution in [0.25, 0.3) is 0 Å². The Hall–Kier alpha value is -2.34. The van der Waals surface area contributed by atoms with Gasteiger partial charge in [0.15, 0.2) is 0 Å². The molecule has 2 aliphatic heterocycles. The quantitative estimate of drug-likeness (QED) is 0.919. The maximum absolute atomic E-state index is 12.7. The van der Waals surface area contributed by atoms with Crippen LogP contribution in [0, 0.1) is 0 Å². The smallest absolute Gasteiger partial charge is 0.321 e. The standard InChI is InChI=1S/C20H27N5O/c26-20(24-12-4-8-19(16-24)23-10-1-2-11-23)22-18-7-3-6-17(14-18)15-25-13-5-9-21-25/h3,5-7,9,13-14,19H,1-2,4,8,10-12,15-16H2,(H,22,26)/t19-/m1/s1. The van der Waals surface area contributed by atoms with E-state index in [9.17, 15) is 4.79 Å². The summed E-state index contributed by atoms with van der Waals surface area (Å²) in [6.45, 7) is 4.78. The molecule has 3 heterocycles. The van der Waals surface area contributed by atoms with Gasteiger partial charge in [-0.2, -0.15) is 5.10 Å². The van der Waals surface area contributed by atoms with Crippen molar-refractivity contribution in [2.45, 2.75) is 38.3 Å². The van der Waals surface area contributed by atoms with Crippen LogP contribution in [0.1, 0.15) is 31.2 Å². The van der Waals surface area contributed by atoms with Gasteiger partial charge >= 0.3 is 6.03 Å². The average molecular weight is 353 g/mol. The molecule has 0 unspecified atom stereocenters. The molecule has 2 saturated heterocycles. The molecule has 1 aromatic carbocycles. The third-order valence-corrected chi connectivity index (χ3v) is 5.42. The van der Waals surface area contributed by atoms with E-state index in [1.54, 1.807) is 6.20 Å². The summed E-state index contributed by atoms with van der Waals surface area (Å²) in [4.78, 5) is 17.3. The van der Waals surface area contributed by atoms with E-state index in [2.05, 4.69) is 21.4 Å². The summed E-state index contributed by atoms with van der Waals surface area (Å²) in [7, 11) is 0. The maximum atomic E-state index is 12.7. The van der Waals surface area contributed by atoms with Crippen LogP contribution in [0.4, 0.5) is 10.5 Å². The molecule has 138 valence electrons. The molecule has 6 heteroatoms. The van der Waals surface area contributed by atoms with Crippen molar-refractivity contribution in [2.24, 2.45) is 0 Å². The second-order valence-corrected chi connectivity index (χ2v) is 7.32. The van der Waals surface area contributed by atoms with Crippen LogP contribution < -0.4 is 5.32 Å². The molecular formula is C20H27N5O. The molecule has 26 heavy (non-hydrogen) atoms. The zero-order valence-electron chi connectivity index (χ0n) is 15.2. The van der Waals surface area contributed by atoms with Gasteiger partial charge in [-0.15, -0.1) is 0 Å². The van der Waals surface area contributed by atoms with Gasteiger partial charge < -0.3 is 10.2 Å². The number of carbonyl (C=O) groups excluding carboxylic acids is 1. The molecule has 2 aliphatic rings. The molecule has 1 aromatic heterocycles. The van der Waals surface area contributed by atoms with E-state index >= 15 is 0 Å². The van der Waals surface area contributed by atoms with Crippen LogP contribution in [0.2, 0.25) is 0 Å². The first-order valence-corrected chi connectivity index (χ1v) is 9.64. The molecule has 0 spiro atoms. The number of anilines is 1. The number of urea groups is 1. The Morgan fingerprint density at radius 3 is 2.85 bits per heavy atom. The van der Waals surface area contributed by atoms with Crippen LogP contribution in [0.5, 0.6) is 0 Å². The first kappa shape index (κ1) is 17.1. The Balaban J connectivity index is 1.36. The molecule has 6 nitrogen and oxygen atoms in total. The minimum Gasteiger partial charge on any atom is -0.323 e. The maximum Gasteiger partial charge on any atom is 0.321 e. The lowest BCUT2D eigenvalue weighted by molar-refractivity contribution is 0.132. The number of hydrogen-bond donors (Lipinski definition) is 1. The fourth-order valence-corrected chi connectivity index (χ4v) is 4.07. The summed E-state index contributed by atoms with van der Waals surface area (Å²) in [6, 6.07) is 10.5. The van der Waals surface area contributed by atoms with Crippen molar-refractivity contribution in [3.63, 3.8) is 0 Å². The molecular weight excluding hydrogens is 326 g/mol. The van der Waals surface area contributed by atoms with Gasteiger partial charge in [0.2, 0.25) is 0 Å². The third kappa shape index (κ3) is 4.07. The largest absolute Gasteiger partial charge is 0.323 e. The van der Waals surface area contributed by atoms with Crippen molar-refractivity contribution in [1.29, 1.82) is 0 Å². The van der Waals surface area contributed by atoms with E-state index in [0.717, 1.165) is 30.8 Å². The molecule has 2 aromatic rings. The highest BCUT2D eigenvalue weighted by atomic mass is 16.2. The number of nitrogens with zero attached hydrogens (tertiary/aromatic N) is 4. The zero-order valence-corrected chi connectivity index (χ0v) is 15.2. The number of benzene rings is 1. The Morgan fingerprint density at radius 2 is 2.04 bits per heavy atom. The predicted molar refractivity (Wildman–Crippen MR) is 102 cm³/mol. The van der Waals surface area contributed by atoms with Gasteiger partial charge in [-0.05, 0) is 62.5 Å². The van der Waals surface area contributed by atoms with E-state index in [1.165, 1.54) is 32.4 Å². The average Bonchev–Trinajstić information content (AvgIpc) is 3.36. The van der Waals surface area contributed by atoms with E-state index in [0.29, 0.717) is 12.6 Å². The van der Waals surface area contributed by atoms with Crippen LogP contribution in [0.3, 0.4) is 0 Å². The van der Waals surface area contributed by atoms with Gasteiger partial charge in [0, 0.05) is 37.2 Å². The van der Waals surface area contributed by atoms with E-state index in [-0.39, 0.29) is 6.03 Å². The molecule has 0 bridgehead atoms. The van der Waals surface area contributed by atoms with Crippen molar-refractivity contribution < 1.29 is 4.79 Å². The monoisotopic (exact) mass is 353 g/mol. The summed E-state index contributed by atoms with van der Waals surface area (Å²) in [5.74, 6) is 0. The molecule has 1 N–H and O–H groups in total. The SMILES string of the molecule is O=C(Nc1cccc(Cn2cccn2)c1)N1CCC[C@@H](N2CCCC2)C1. The third-order valence-electron chi connectivity index (χ3n) is 5.42. The van der Waals surface area contributed by atoms with Crippen molar-refractivity contribution in [3.8, 4) is 0 Å². The van der Waals surface area contributed by atoms with E-state index in [4.69, 9.17) is 0 Å². The number of rotatable bonds is 4. The van der Waals surface area contributed by atoms with Crippen LogP contribution in [0.15, 0.2) is 42.7 Å². The Bertz CT molecular complexity index is 724. The van der Waals surface area contributed by atoms with Crippen LogP contribution in [-0.4, -0.2) is 57.8 Å². The van der Waals surface area contributed by atoms with Crippen molar-refractivity contribution in [2.75, 3.05) is 31.5 Å². The van der Waals surface area contributed by atoms with Crippen molar-refractivity contribution in [3.05, 3.63) is 48.3 Å². The van der Waals surface area contributed by atoms with E-state index in [1.807, 2.05) is 40.0 Å². The fraction of sp³-hybridized carbons (Fsp3) is 0.500. The Labute approximate surface area is 154 Å². The van der Waals surface area contributed by atoms with Gasteiger partial charge in [-0.1, -0.05) is 12.1 Å². The van der Waals surface area contributed by atoms with Crippen molar-refractivity contribution in [1.82, 2.24) is 19.6 Å². The molecule has 2 fully saturated rings. The normalized spacial score (nSPS) is 21.1. The van der Waals surface area contributed by atoms with Gasteiger partial charge in [0.1, 0.15) is 0 Å². The summed E-state index contributed by atoms with van der Waals surface area (Å²) in [5, 5.41) is 7.32. The molecule has 1 atom stereocenters. The minimum absolute atomic E-state index is 0.0186. The highest BCUT2D eigenvalue weighted by molar-refractivity contribution is 5.89. The lowest BCUT2D eigenvalue weighted by Gasteiger charge is -2.37. The number of piperidine rings is 1. The number of likely N-dealkylation sites (tertiary alicyclic amines) is 2. The summed E-state index contributed by atoms with van der Waals surface area (Å²) in [6.07, 6.45) is 8.62. The van der Waals surface area contributed by atoms with Crippen LogP contribution >= 0.6 is 0 Å². The number of amides is 2. The van der Waals surface area contributed by atoms with Gasteiger partial charge in [0.05, 0.1) is 6.54 Å².